The number of hydrogen-bond acceptors (Lipinski definition) is 3. The van der Waals surface area contributed by atoms with Crippen LogP contribution in [0.15, 0.2) is 24.9 Å². The predicted octanol–water partition coefficient (Wildman–Crippen LogP) is 1.65. The van der Waals surface area contributed by atoms with Crippen LogP contribution in [-0.2, 0) is 0 Å². The van der Waals surface area contributed by atoms with Gasteiger partial charge < -0.3 is 10.4 Å². The summed E-state index contributed by atoms with van der Waals surface area (Å²) in [5.74, 6) is 0.779. The molecule has 1 heterocycles. The third-order valence-electron chi connectivity index (χ3n) is 1.35. The second-order valence-electron chi connectivity index (χ2n) is 2.13. The van der Waals surface area contributed by atoms with E-state index in [1.807, 2.05) is 0 Å². The van der Waals surface area contributed by atoms with Gasteiger partial charge in [0.1, 0.15) is 11.6 Å². The van der Waals surface area contributed by atoms with E-state index in [0.29, 0.717) is 5.56 Å². The molecule has 2 N–H and O–H groups in total. The van der Waals surface area contributed by atoms with Crippen LogP contribution >= 0.6 is 0 Å². The number of aliphatic hydroxyl groups is 1. The highest BCUT2D eigenvalue weighted by Gasteiger charge is 1.96. The number of pyridine rings is 1. The van der Waals surface area contributed by atoms with Crippen molar-refractivity contribution in [2.45, 2.75) is 0 Å². The molecule has 3 heteroatoms. The van der Waals surface area contributed by atoms with E-state index in [2.05, 4.69) is 16.9 Å². The van der Waals surface area contributed by atoms with E-state index in [9.17, 15) is 0 Å². The minimum atomic E-state index is 0.0592. The number of rotatable bonds is 2. The van der Waals surface area contributed by atoms with Crippen molar-refractivity contribution < 1.29 is 5.11 Å². The molecule has 0 unspecified atom stereocenters. The highest BCUT2D eigenvalue weighted by molar-refractivity contribution is 5.58. The van der Waals surface area contributed by atoms with Gasteiger partial charge in [-0.15, -0.1) is 0 Å². The van der Waals surface area contributed by atoms with Crippen LogP contribution in [0, 0.1) is 0 Å². The molecule has 0 atom stereocenters. The van der Waals surface area contributed by atoms with E-state index in [4.69, 9.17) is 5.11 Å². The van der Waals surface area contributed by atoms with Crippen LogP contribution in [0.25, 0.3) is 5.76 Å². The second kappa shape index (κ2) is 3.05. The molecular formula is C8H10N2O. The fraction of sp³-hybridized carbons (Fsp3) is 0.125. The highest BCUT2D eigenvalue weighted by atomic mass is 16.3. The van der Waals surface area contributed by atoms with Crippen LogP contribution in [-0.4, -0.2) is 17.1 Å². The van der Waals surface area contributed by atoms with Gasteiger partial charge in [0.25, 0.3) is 0 Å². The smallest absolute Gasteiger partial charge is 0.126 e. The van der Waals surface area contributed by atoms with Gasteiger partial charge in [-0.25, -0.2) is 4.98 Å². The van der Waals surface area contributed by atoms with E-state index < -0.39 is 0 Å². The van der Waals surface area contributed by atoms with E-state index in [-0.39, 0.29) is 5.76 Å². The first-order valence-corrected chi connectivity index (χ1v) is 3.26. The molecule has 0 radical (unpaired) electrons. The number of anilines is 1. The highest BCUT2D eigenvalue weighted by Crippen LogP contribution is 2.11. The van der Waals surface area contributed by atoms with Crippen LogP contribution in [0.3, 0.4) is 0 Å². The predicted molar refractivity (Wildman–Crippen MR) is 45.4 cm³/mol. The molecule has 0 aliphatic carbocycles. The average molecular weight is 150 g/mol. The Morgan fingerprint density at radius 3 is 3.00 bits per heavy atom. The summed E-state index contributed by atoms with van der Waals surface area (Å²) < 4.78 is 0. The summed E-state index contributed by atoms with van der Waals surface area (Å²) in [5, 5.41) is 11.9. The lowest BCUT2D eigenvalue weighted by molar-refractivity contribution is 0.514. The summed E-state index contributed by atoms with van der Waals surface area (Å²) in [5.41, 5.74) is 0.685. The molecule has 11 heavy (non-hydrogen) atoms. The molecule has 0 amide bonds. The maximum Gasteiger partial charge on any atom is 0.126 e. The summed E-state index contributed by atoms with van der Waals surface area (Å²) in [7, 11) is 1.77. The lowest BCUT2D eigenvalue weighted by Crippen LogP contribution is -1.92. The minimum Gasteiger partial charge on any atom is -0.508 e. The number of hydrogen-bond donors (Lipinski definition) is 2. The summed E-state index contributed by atoms with van der Waals surface area (Å²) >= 11 is 0. The lowest BCUT2D eigenvalue weighted by atomic mass is 10.2. The molecule has 58 valence electrons. The van der Waals surface area contributed by atoms with Crippen molar-refractivity contribution in [2.24, 2.45) is 0 Å². The summed E-state index contributed by atoms with van der Waals surface area (Å²) in [6.07, 6.45) is 1.61. The van der Waals surface area contributed by atoms with Gasteiger partial charge in [0, 0.05) is 18.8 Å². The van der Waals surface area contributed by atoms with E-state index in [1.165, 1.54) is 0 Å². The molecule has 0 fully saturated rings. The fourth-order valence-corrected chi connectivity index (χ4v) is 0.747. The number of aromatic nitrogens is 1. The first kappa shape index (κ1) is 7.60. The number of aliphatic hydroxyl groups excluding tert-OH is 1. The van der Waals surface area contributed by atoms with E-state index in [1.54, 1.807) is 25.4 Å². The topological polar surface area (TPSA) is 45.2 Å². The molecule has 3 nitrogen and oxygen atoms in total. The molecule has 1 aromatic heterocycles. The summed E-state index contributed by atoms with van der Waals surface area (Å²) in [4.78, 5) is 3.98. The lowest BCUT2D eigenvalue weighted by Gasteiger charge is -2.00. The molecule has 0 aliphatic rings. The molecule has 0 saturated carbocycles. The molecule has 0 saturated heterocycles. The van der Waals surface area contributed by atoms with Gasteiger partial charge in [-0.2, -0.15) is 0 Å². The molecule has 0 aromatic carbocycles. The second-order valence-corrected chi connectivity index (χ2v) is 2.13. The normalized spacial score (nSPS) is 9.18. The third kappa shape index (κ3) is 1.70. The minimum absolute atomic E-state index is 0.0592. The maximum absolute atomic E-state index is 8.99. The van der Waals surface area contributed by atoms with Crippen LogP contribution < -0.4 is 5.32 Å². The van der Waals surface area contributed by atoms with Crippen molar-refractivity contribution in [1.29, 1.82) is 0 Å². The quantitative estimate of drug-likeness (QED) is 0.630. The number of nitrogens with zero attached hydrogens (tertiary/aromatic N) is 1. The van der Waals surface area contributed by atoms with Crippen molar-refractivity contribution in [2.75, 3.05) is 12.4 Å². The Labute approximate surface area is 65.4 Å². The maximum atomic E-state index is 8.99. The van der Waals surface area contributed by atoms with Crippen molar-refractivity contribution in [3.8, 4) is 0 Å². The fourth-order valence-electron chi connectivity index (χ4n) is 0.747. The van der Waals surface area contributed by atoms with Crippen LogP contribution in [0.4, 0.5) is 5.82 Å². The molecule has 0 spiro atoms. The Morgan fingerprint density at radius 2 is 2.45 bits per heavy atom. The summed E-state index contributed by atoms with van der Waals surface area (Å²) in [6.45, 7) is 3.40. The number of nitrogens with one attached hydrogen (secondary N) is 1. The van der Waals surface area contributed by atoms with Crippen molar-refractivity contribution in [1.82, 2.24) is 4.98 Å². The van der Waals surface area contributed by atoms with Gasteiger partial charge in [0.15, 0.2) is 0 Å². The zero-order valence-electron chi connectivity index (χ0n) is 6.33. The zero-order valence-corrected chi connectivity index (χ0v) is 6.33. The Kier molecular flexibility index (Phi) is 2.11. The molecule has 1 aromatic rings. The van der Waals surface area contributed by atoms with Crippen molar-refractivity contribution in [3.63, 3.8) is 0 Å². The van der Waals surface area contributed by atoms with Gasteiger partial charge in [0.2, 0.25) is 0 Å². The monoisotopic (exact) mass is 150 g/mol. The van der Waals surface area contributed by atoms with Crippen molar-refractivity contribution in [3.05, 3.63) is 30.5 Å². The van der Waals surface area contributed by atoms with Gasteiger partial charge in [0.05, 0.1) is 0 Å². The van der Waals surface area contributed by atoms with Gasteiger partial charge in [-0.05, 0) is 12.1 Å². The molecule has 1 rings (SSSR count). The Hall–Kier alpha value is -1.51. The Morgan fingerprint density at radius 1 is 1.73 bits per heavy atom. The molecular weight excluding hydrogens is 140 g/mol. The molecule has 0 aliphatic heterocycles. The van der Waals surface area contributed by atoms with Crippen LogP contribution in [0.2, 0.25) is 0 Å². The first-order chi connectivity index (χ1) is 5.24. The molecule has 0 bridgehead atoms. The van der Waals surface area contributed by atoms with Gasteiger partial charge in [-0.3, -0.25) is 0 Å². The van der Waals surface area contributed by atoms with E-state index >= 15 is 0 Å². The first-order valence-electron chi connectivity index (χ1n) is 3.26. The Bertz CT molecular complexity index is 271. The van der Waals surface area contributed by atoms with Crippen LogP contribution in [0.1, 0.15) is 5.56 Å². The standard InChI is InChI=1S/C8H10N2O/c1-6(11)7-3-4-10-8(5-7)9-2/h3-5,11H,1H2,2H3,(H,9,10). The van der Waals surface area contributed by atoms with Gasteiger partial charge in [-0.1, -0.05) is 6.58 Å². The Balaban J connectivity index is 3.01. The zero-order chi connectivity index (χ0) is 8.27. The van der Waals surface area contributed by atoms with Crippen molar-refractivity contribution >= 4 is 11.6 Å². The third-order valence-corrected chi connectivity index (χ3v) is 1.35. The SMILES string of the molecule is C=C(O)c1ccnc(NC)c1. The van der Waals surface area contributed by atoms with Gasteiger partial charge >= 0.3 is 0 Å². The average Bonchev–Trinajstić information content (AvgIpc) is 2.05. The largest absolute Gasteiger partial charge is 0.508 e. The van der Waals surface area contributed by atoms with E-state index in [0.717, 1.165) is 5.82 Å². The van der Waals surface area contributed by atoms with Crippen LogP contribution in [0.5, 0.6) is 0 Å². The summed E-state index contributed by atoms with van der Waals surface area (Å²) in [6, 6.07) is 3.42.